The Labute approximate surface area is 161 Å². The van der Waals surface area contributed by atoms with Crippen molar-refractivity contribution in [2.24, 2.45) is 17.8 Å². The normalized spacial score (nSPS) is 27.5. The van der Waals surface area contributed by atoms with Gasteiger partial charge < -0.3 is 9.64 Å². The van der Waals surface area contributed by atoms with Gasteiger partial charge in [0, 0.05) is 37.1 Å². The maximum atomic E-state index is 14.4. The molecule has 0 aromatic carbocycles. The summed E-state index contributed by atoms with van der Waals surface area (Å²) in [5, 5.41) is 9.11. The highest BCUT2D eigenvalue weighted by Gasteiger charge is 2.50. The lowest BCUT2D eigenvalue weighted by molar-refractivity contribution is -0.147. The number of nitriles is 1. The van der Waals surface area contributed by atoms with E-state index in [1.165, 1.54) is 0 Å². The summed E-state index contributed by atoms with van der Waals surface area (Å²) in [6.45, 7) is 3.49. The number of carbonyl (C=O) groups is 1. The van der Waals surface area contributed by atoms with Crippen LogP contribution in [-0.2, 0) is 21.9 Å². The van der Waals surface area contributed by atoms with Crippen LogP contribution in [0.1, 0.15) is 42.9 Å². The molecule has 1 unspecified atom stereocenters. The fourth-order valence-corrected chi connectivity index (χ4v) is 5.12. The van der Waals surface area contributed by atoms with Gasteiger partial charge in [-0.1, -0.05) is 11.6 Å². The number of hydrogen-bond donors (Lipinski definition) is 0. The van der Waals surface area contributed by atoms with Crippen molar-refractivity contribution in [1.29, 1.82) is 5.26 Å². The molecule has 144 valence electrons. The Morgan fingerprint density at radius 3 is 2.78 bits per heavy atom. The molecule has 0 N–H and O–H groups in total. The van der Waals surface area contributed by atoms with Crippen molar-refractivity contribution in [3.63, 3.8) is 0 Å². The first-order valence-electron chi connectivity index (χ1n) is 9.27. The number of hydrogen-bond acceptors (Lipinski definition) is 5. The van der Waals surface area contributed by atoms with Crippen LogP contribution < -0.4 is 4.90 Å². The van der Waals surface area contributed by atoms with Crippen molar-refractivity contribution in [2.45, 2.75) is 38.5 Å². The number of carbonyl (C=O) groups excluding carboxylic acids is 1. The lowest BCUT2D eigenvalue weighted by atomic mass is 9.60. The van der Waals surface area contributed by atoms with Crippen LogP contribution in [0.5, 0.6) is 0 Å². The van der Waals surface area contributed by atoms with Crippen LogP contribution in [-0.4, -0.2) is 30.6 Å². The average molecular weight is 396 g/mol. The van der Waals surface area contributed by atoms with E-state index in [1.54, 1.807) is 13.0 Å². The van der Waals surface area contributed by atoms with E-state index in [1.807, 2.05) is 4.90 Å². The molecule has 1 saturated carbocycles. The summed E-state index contributed by atoms with van der Waals surface area (Å²) in [6.07, 6.45) is 1.31. The van der Waals surface area contributed by atoms with Gasteiger partial charge in [0.05, 0.1) is 12.2 Å². The Bertz CT molecular complexity index is 827. The second kappa shape index (κ2) is 6.59. The molecule has 5 rings (SSSR count). The summed E-state index contributed by atoms with van der Waals surface area (Å²) in [6, 6.07) is 1.80. The number of anilines is 1. The molecule has 8 heteroatoms. The van der Waals surface area contributed by atoms with Gasteiger partial charge in [-0.05, 0) is 37.5 Å². The smallest absolute Gasteiger partial charge is 0.306 e. The van der Waals surface area contributed by atoms with Gasteiger partial charge in [0.1, 0.15) is 17.0 Å². The van der Waals surface area contributed by atoms with Crippen LogP contribution in [0.4, 0.5) is 14.6 Å². The fraction of sp³-hybridized carbons (Fsp3) is 0.632. The lowest BCUT2D eigenvalue weighted by Crippen LogP contribution is -2.56. The summed E-state index contributed by atoms with van der Waals surface area (Å²) in [7, 11) is 0. The third-order valence-electron chi connectivity index (χ3n) is 6.13. The molecule has 2 aliphatic heterocycles. The Kier molecular flexibility index (Phi) is 4.50. The summed E-state index contributed by atoms with van der Waals surface area (Å²) < 4.78 is 33.8. The van der Waals surface area contributed by atoms with Crippen molar-refractivity contribution < 1.29 is 18.3 Å². The van der Waals surface area contributed by atoms with E-state index in [2.05, 4.69) is 4.98 Å². The molecule has 2 aliphatic carbocycles. The molecule has 5 nitrogen and oxygen atoms in total. The minimum absolute atomic E-state index is 0.157. The molecule has 0 radical (unpaired) electrons. The first kappa shape index (κ1) is 18.4. The number of esters is 1. The molecule has 3 atom stereocenters. The number of nitrogens with zero attached hydrogens (tertiary/aromatic N) is 3. The van der Waals surface area contributed by atoms with E-state index < -0.39 is 5.92 Å². The van der Waals surface area contributed by atoms with E-state index in [4.69, 9.17) is 16.3 Å². The maximum Gasteiger partial charge on any atom is 0.306 e. The zero-order valence-corrected chi connectivity index (χ0v) is 15.7. The van der Waals surface area contributed by atoms with Crippen molar-refractivity contribution in [1.82, 2.24) is 4.98 Å². The van der Waals surface area contributed by atoms with Gasteiger partial charge in [-0.3, -0.25) is 4.79 Å². The van der Waals surface area contributed by atoms with E-state index in [-0.39, 0.29) is 41.0 Å². The highest BCUT2D eigenvalue weighted by atomic mass is 35.5. The SMILES string of the molecule is CCOC(=O)CC1[C@@H]2C[C@H]1CN(c1nc(Cl)c(C#N)c3c1CCC3(F)F)C2. The zero-order valence-electron chi connectivity index (χ0n) is 15.0. The van der Waals surface area contributed by atoms with E-state index >= 15 is 0 Å². The summed E-state index contributed by atoms with van der Waals surface area (Å²) in [5.41, 5.74) is -0.00761. The topological polar surface area (TPSA) is 66.2 Å². The van der Waals surface area contributed by atoms with Gasteiger partial charge >= 0.3 is 5.97 Å². The van der Waals surface area contributed by atoms with Crippen molar-refractivity contribution in [3.05, 3.63) is 21.8 Å². The number of piperidine rings is 2. The summed E-state index contributed by atoms with van der Waals surface area (Å²) in [4.78, 5) is 18.1. The monoisotopic (exact) mass is 395 g/mol. The van der Waals surface area contributed by atoms with Crippen LogP contribution in [0, 0.1) is 29.1 Å². The zero-order chi connectivity index (χ0) is 19.3. The molecular formula is C19H20ClF2N3O2. The fourth-order valence-electron chi connectivity index (χ4n) is 4.90. The third kappa shape index (κ3) is 2.94. The minimum atomic E-state index is -3.05. The number of rotatable bonds is 4. The van der Waals surface area contributed by atoms with Gasteiger partial charge in [-0.25, -0.2) is 13.8 Å². The van der Waals surface area contributed by atoms with Crippen LogP contribution >= 0.6 is 11.6 Å². The number of pyridine rings is 1. The number of halogens is 3. The largest absolute Gasteiger partial charge is 0.466 e. The molecule has 2 saturated heterocycles. The molecule has 0 amide bonds. The van der Waals surface area contributed by atoms with E-state index in [0.717, 1.165) is 6.42 Å². The molecule has 2 bridgehead atoms. The molecular weight excluding hydrogens is 376 g/mol. The van der Waals surface area contributed by atoms with Crippen LogP contribution in [0.25, 0.3) is 0 Å². The predicted molar refractivity (Wildman–Crippen MR) is 94.7 cm³/mol. The van der Waals surface area contributed by atoms with E-state index in [0.29, 0.717) is 49.3 Å². The Morgan fingerprint density at radius 2 is 2.15 bits per heavy atom. The van der Waals surface area contributed by atoms with Gasteiger partial charge in [0.2, 0.25) is 0 Å². The van der Waals surface area contributed by atoms with Crippen molar-refractivity contribution in [3.8, 4) is 6.07 Å². The van der Waals surface area contributed by atoms with Crippen LogP contribution in [0.2, 0.25) is 5.15 Å². The standard InChI is InChI=1S/C19H20ClF2N3O2/c1-2-27-15(26)6-13-10-5-11(13)9-25(8-10)18-12-3-4-19(21,22)16(12)14(7-23)17(20)24-18/h10-11,13H,2-6,8-9H2,1H3/t10-,11+,13?. The maximum absolute atomic E-state index is 14.4. The number of ether oxygens (including phenoxy) is 1. The quantitative estimate of drug-likeness (QED) is 0.574. The molecule has 0 spiro atoms. The molecule has 3 fully saturated rings. The first-order chi connectivity index (χ1) is 12.9. The van der Waals surface area contributed by atoms with Gasteiger partial charge in [-0.15, -0.1) is 0 Å². The Morgan fingerprint density at radius 1 is 1.44 bits per heavy atom. The molecule has 4 aliphatic rings. The number of fused-ring (bicyclic) bond motifs is 3. The number of alkyl halides is 2. The first-order valence-corrected chi connectivity index (χ1v) is 9.64. The van der Waals surface area contributed by atoms with Gasteiger partial charge in [0.25, 0.3) is 5.92 Å². The summed E-state index contributed by atoms with van der Waals surface area (Å²) in [5.74, 6) is -1.82. The van der Waals surface area contributed by atoms with Crippen LogP contribution in [0.3, 0.4) is 0 Å². The molecule has 27 heavy (non-hydrogen) atoms. The summed E-state index contributed by atoms with van der Waals surface area (Å²) >= 11 is 6.08. The average Bonchev–Trinajstić information content (AvgIpc) is 2.95. The minimum Gasteiger partial charge on any atom is -0.466 e. The predicted octanol–water partition coefficient (Wildman–Crippen LogP) is 3.67. The van der Waals surface area contributed by atoms with Crippen molar-refractivity contribution in [2.75, 3.05) is 24.6 Å². The second-order valence-electron chi connectivity index (χ2n) is 7.60. The van der Waals surface area contributed by atoms with E-state index in [9.17, 15) is 18.8 Å². The van der Waals surface area contributed by atoms with Crippen molar-refractivity contribution >= 4 is 23.4 Å². The van der Waals surface area contributed by atoms with Gasteiger partial charge in [0.15, 0.2) is 0 Å². The van der Waals surface area contributed by atoms with Gasteiger partial charge in [-0.2, -0.15) is 5.26 Å². The Hall–Kier alpha value is -1.94. The molecule has 1 aromatic rings. The van der Waals surface area contributed by atoms with Crippen LogP contribution in [0.15, 0.2) is 0 Å². The number of aromatic nitrogens is 1. The lowest BCUT2D eigenvalue weighted by Gasteiger charge is -2.54. The molecule has 1 aromatic heterocycles. The second-order valence-corrected chi connectivity index (χ2v) is 7.96. The molecule has 3 heterocycles. The highest BCUT2D eigenvalue weighted by molar-refractivity contribution is 6.30. The third-order valence-corrected chi connectivity index (χ3v) is 6.41. The highest BCUT2D eigenvalue weighted by Crippen LogP contribution is 2.52. The Balaban J connectivity index is 1.59.